The van der Waals surface area contributed by atoms with Crippen LogP contribution in [0, 0.1) is 0 Å². The molecule has 46 heavy (non-hydrogen) atoms. The van der Waals surface area contributed by atoms with Gasteiger partial charge in [0, 0.05) is 28.0 Å². The molecule has 9 rings (SSSR count). The van der Waals surface area contributed by atoms with E-state index in [9.17, 15) is 0 Å². The van der Waals surface area contributed by atoms with E-state index < -0.39 is 0 Å². The van der Waals surface area contributed by atoms with Gasteiger partial charge in [0.1, 0.15) is 0 Å². The van der Waals surface area contributed by atoms with Crippen LogP contribution in [0.4, 0.5) is 0 Å². The Morgan fingerprint density at radius 3 is 1.54 bits per heavy atom. The first-order chi connectivity index (χ1) is 22.8. The number of fused-ring (bicyclic) bond motifs is 6. The largest absolute Gasteiger partial charge is 0.309 e. The predicted molar refractivity (Wildman–Crippen MR) is 198 cm³/mol. The fraction of sp³-hybridized carbons (Fsp3) is 0.0455. The van der Waals surface area contributed by atoms with Gasteiger partial charge in [-0.1, -0.05) is 115 Å². The molecule has 0 N–H and O–H groups in total. The van der Waals surface area contributed by atoms with Gasteiger partial charge < -0.3 is 4.57 Å². The lowest BCUT2D eigenvalue weighted by atomic mass is 9.90. The lowest BCUT2D eigenvalue weighted by Gasteiger charge is -2.16. The van der Waals surface area contributed by atoms with Crippen LogP contribution in [-0.2, 0) is 11.5 Å². The summed E-state index contributed by atoms with van der Waals surface area (Å²) in [5.74, 6) is 2.00. The molecule has 0 bridgehead atoms. The number of para-hydroxylation sites is 2. The van der Waals surface area contributed by atoms with Crippen LogP contribution < -0.4 is 0 Å². The highest BCUT2D eigenvalue weighted by Gasteiger charge is 2.19. The molecule has 0 atom stereocenters. The van der Waals surface area contributed by atoms with Crippen molar-refractivity contribution in [3.63, 3.8) is 0 Å². The second-order valence-electron chi connectivity index (χ2n) is 12.1. The SMILES string of the molecule is c1ccc(-c2cc(-c3ccccc3)cc(-c3ccc4c(c3)CSCc3ccc(-n5c6ccccc6c6ccccc65)cc3-4)c2)cc1. The number of hydrogen-bond acceptors (Lipinski definition) is 1. The predicted octanol–water partition coefficient (Wildman–Crippen LogP) is 12.2. The van der Waals surface area contributed by atoms with E-state index in [-0.39, 0.29) is 0 Å². The van der Waals surface area contributed by atoms with Gasteiger partial charge in [-0.25, -0.2) is 0 Å². The Hall–Kier alpha value is -5.31. The molecule has 0 amide bonds. The van der Waals surface area contributed by atoms with Crippen molar-refractivity contribution in [2.45, 2.75) is 11.5 Å². The third-order valence-corrected chi connectivity index (χ3v) is 10.4. The molecular weight excluding hydrogens is 575 g/mol. The minimum Gasteiger partial charge on any atom is -0.309 e. The lowest BCUT2D eigenvalue weighted by molar-refractivity contribution is 1.17. The van der Waals surface area contributed by atoms with Crippen LogP contribution in [0.15, 0.2) is 164 Å². The maximum absolute atomic E-state index is 2.43. The summed E-state index contributed by atoms with van der Waals surface area (Å²) in [7, 11) is 0. The van der Waals surface area contributed by atoms with E-state index in [1.165, 1.54) is 83.1 Å². The number of thioether (sulfide) groups is 1. The van der Waals surface area contributed by atoms with Crippen LogP contribution >= 0.6 is 11.8 Å². The highest BCUT2D eigenvalue weighted by Crippen LogP contribution is 2.41. The quantitative estimate of drug-likeness (QED) is 0.193. The molecule has 0 spiro atoms. The van der Waals surface area contributed by atoms with Crippen molar-refractivity contribution >= 4 is 33.6 Å². The third kappa shape index (κ3) is 4.65. The molecule has 8 aromatic rings. The number of aromatic nitrogens is 1. The zero-order valence-electron chi connectivity index (χ0n) is 25.4. The fourth-order valence-corrected chi connectivity index (χ4v) is 8.13. The summed E-state index contributed by atoms with van der Waals surface area (Å²) >= 11 is 2.01. The van der Waals surface area contributed by atoms with Crippen molar-refractivity contribution in [3.05, 3.63) is 175 Å². The number of nitrogens with zero attached hydrogens (tertiary/aromatic N) is 1. The van der Waals surface area contributed by atoms with Crippen molar-refractivity contribution in [3.8, 4) is 50.2 Å². The molecule has 0 saturated heterocycles. The number of hydrogen-bond donors (Lipinski definition) is 0. The average molecular weight is 606 g/mol. The van der Waals surface area contributed by atoms with Crippen LogP contribution in [0.25, 0.3) is 72.0 Å². The van der Waals surface area contributed by atoms with Crippen LogP contribution in [0.3, 0.4) is 0 Å². The minimum atomic E-state index is 0.993. The van der Waals surface area contributed by atoms with Gasteiger partial charge in [-0.3, -0.25) is 0 Å². The Bertz CT molecular complexity index is 2270. The summed E-state index contributed by atoms with van der Waals surface area (Å²) in [5.41, 5.74) is 16.6. The molecule has 1 aliphatic rings. The molecule has 218 valence electrons. The van der Waals surface area contributed by atoms with Crippen LogP contribution in [0.1, 0.15) is 11.1 Å². The van der Waals surface area contributed by atoms with Gasteiger partial charge in [-0.2, -0.15) is 11.8 Å². The molecule has 0 radical (unpaired) electrons. The van der Waals surface area contributed by atoms with E-state index in [1.54, 1.807) is 0 Å². The summed E-state index contributed by atoms with van der Waals surface area (Å²) < 4.78 is 2.43. The Kier molecular flexibility index (Phi) is 6.61. The molecule has 0 saturated carbocycles. The second-order valence-corrected chi connectivity index (χ2v) is 13.1. The average Bonchev–Trinajstić information content (AvgIpc) is 3.35. The Morgan fingerprint density at radius 1 is 0.370 bits per heavy atom. The maximum atomic E-state index is 2.43. The summed E-state index contributed by atoms with van der Waals surface area (Å²) in [5, 5.41) is 2.59. The van der Waals surface area contributed by atoms with Crippen molar-refractivity contribution in [2.75, 3.05) is 0 Å². The van der Waals surface area contributed by atoms with Gasteiger partial charge in [0.25, 0.3) is 0 Å². The fourth-order valence-electron chi connectivity index (χ4n) is 7.10. The Balaban J connectivity index is 1.18. The molecule has 1 aromatic heterocycles. The molecule has 0 unspecified atom stereocenters. The van der Waals surface area contributed by atoms with Crippen molar-refractivity contribution in [2.24, 2.45) is 0 Å². The van der Waals surface area contributed by atoms with E-state index >= 15 is 0 Å². The van der Waals surface area contributed by atoms with Gasteiger partial charge in [-0.05, 0) is 104 Å². The highest BCUT2D eigenvalue weighted by molar-refractivity contribution is 7.97. The first-order valence-corrected chi connectivity index (χ1v) is 17.0. The summed E-state index contributed by atoms with van der Waals surface area (Å²) in [6, 6.07) is 60.2. The van der Waals surface area contributed by atoms with E-state index in [2.05, 4.69) is 168 Å². The van der Waals surface area contributed by atoms with Crippen LogP contribution in [-0.4, -0.2) is 4.57 Å². The van der Waals surface area contributed by atoms with Crippen LogP contribution in [0.5, 0.6) is 0 Å². The van der Waals surface area contributed by atoms with E-state index in [0.29, 0.717) is 0 Å². The van der Waals surface area contributed by atoms with Crippen molar-refractivity contribution in [1.29, 1.82) is 0 Å². The van der Waals surface area contributed by atoms with Crippen LogP contribution in [0.2, 0.25) is 0 Å². The van der Waals surface area contributed by atoms with Gasteiger partial charge in [-0.15, -0.1) is 0 Å². The normalized spacial score (nSPS) is 12.5. The first kappa shape index (κ1) is 27.0. The molecular formula is C44H31NS. The van der Waals surface area contributed by atoms with E-state index in [4.69, 9.17) is 0 Å². The summed E-state index contributed by atoms with van der Waals surface area (Å²) in [6.45, 7) is 0. The molecule has 0 fully saturated rings. The monoisotopic (exact) mass is 605 g/mol. The smallest absolute Gasteiger partial charge is 0.0541 e. The van der Waals surface area contributed by atoms with E-state index in [1.807, 2.05) is 11.8 Å². The molecule has 1 aliphatic heterocycles. The maximum Gasteiger partial charge on any atom is 0.0541 e. The molecule has 2 heterocycles. The molecule has 7 aromatic carbocycles. The molecule has 0 aliphatic carbocycles. The highest BCUT2D eigenvalue weighted by atomic mass is 32.2. The summed E-state index contributed by atoms with van der Waals surface area (Å²) in [4.78, 5) is 0. The van der Waals surface area contributed by atoms with Gasteiger partial charge in [0.15, 0.2) is 0 Å². The van der Waals surface area contributed by atoms with E-state index in [0.717, 1.165) is 11.5 Å². The zero-order valence-corrected chi connectivity index (χ0v) is 26.2. The Morgan fingerprint density at radius 2 is 0.913 bits per heavy atom. The topological polar surface area (TPSA) is 4.93 Å². The third-order valence-electron chi connectivity index (χ3n) is 9.32. The molecule has 2 heteroatoms. The second kappa shape index (κ2) is 11.2. The van der Waals surface area contributed by atoms with Crippen molar-refractivity contribution < 1.29 is 0 Å². The standard InChI is InChI=1S/C44H31NS/c1-3-11-30(12-4-1)34-24-35(31-13-5-2-6-14-31)26-36(25-34)32-20-22-39-37(23-32)29-46-28-33-19-21-38(27-42(33)39)45-43-17-9-7-15-40(43)41-16-8-10-18-44(41)45/h1-27H,28-29H2. The van der Waals surface area contributed by atoms with Gasteiger partial charge in [0.05, 0.1) is 11.0 Å². The number of benzene rings is 7. The molecule has 1 nitrogen and oxygen atoms in total. The zero-order chi connectivity index (χ0) is 30.5. The Labute approximate surface area is 273 Å². The summed E-state index contributed by atoms with van der Waals surface area (Å²) in [6.07, 6.45) is 0. The number of rotatable bonds is 4. The minimum absolute atomic E-state index is 0.993. The van der Waals surface area contributed by atoms with Crippen molar-refractivity contribution in [1.82, 2.24) is 4.57 Å². The lowest BCUT2D eigenvalue weighted by Crippen LogP contribution is -1.97. The first-order valence-electron chi connectivity index (χ1n) is 15.9. The van der Waals surface area contributed by atoms with Gasteiger partial charge >= 0.3 is 0 Å². The van der Waals surface area contributed by atoms with Gasteiger partial charge in [0.2, 0.25) is 0 Å².